The lowest BCUT2D eigenvalue weighted by Gasteiger charge is -2.44. The normalized spacial score (nSPS) is 17.4. The number of hydrogen-bond acceptors (Lipinski definition) is 5. The molecular formula is C29H35NO4. The van der Waals surface area contributed by atoms with E-state index in [0.717, 1.165) is 35.1 Å². The molecule has 1 aliphatic heterocycles. The summed E-state index contributed by atoms with van der Waals surface area (Å²) in [4.78, 5) is 2.47. The number of benzene rings is 3. The van der Waals surface area contributed by atoms with Crippen LogP contribution in [-0.4, -0.2) is 34.5 Å². The molecule has 0 amide bonds. The van der Waals surface area contributed by atoms with Crippen molar-refractivity contribution >= 4 is 5.69 Å². The van der Waals surface area contributed by atoms with Crippen molar-refractivity contribution in [3.8, 4) is 23.0 Å². The predicted octanol–water partition coefficient (Wildman–Crippen LogP) is 6.39. The van der Waals surface area contributed by atoms with Crippen molar-refractivity contribution in [1.82, 2.24) is 0 Å². The van der Waals surface area contributed by atoms with Crippen LogP contribution in [0.25, 0.3) is 0 Å². The summed E-state index contributed by atoms with van der Waals surface area (Å²) in [6, 6.07) is 19.7. The maximum absolute atomic E-state index is 5.69. The van der Waals surface area contributed by atoms with Crippen LogP contribution < -0.4 is 23.8 Å². The highest BCUT2D eigenvalue weighted by Gasteiger charge is 2.35. The quantitative estimate of drug-likeness (QED) is 0.408. The average Bonchev–Trinajstić information content (AvgIpc) is 2.86. The van der Waals surface area contributed by atoms with E-state index in [1.165, 1.54) is 22.3 Å². The van der Waals surface area contributed by atoms with E-state index in [9.17, 15) is 0 Å². The molecule has 1 heterocycles. The van der Waals surface area contributed by atoms with Gasteiger partial charge in [-0.3, -0.25) is 0 Å². The Kier molecular flexibility index (Phi) is 6.92. The number of anilines is 1. The van der Waals surface area contributed by atoms with Crippen LogP contribution in [0.1, 0.15) is 55.0 Å². The van der Waals surface area contributed by atoms with Crippen LogP contribution in [0.15, 0.2) is 54.6 Å². The molecule has 0 aliphatic carbocycles. The van der Waals surface area contributed by atoms with E-state index < -0.39 is 0 Å². The Morgan fingerprint density at radius 1 is 0.735 bits per heavy atom. The molecule has 2 unspecified atom stereocenters. The van der Waals surface area contributed by atoms with Gasteiger partial charge in [-0.25, -0.2) is 0 Å². The fourth-order valence-electron chi connectivity index (χ4n) is 4.98. The number of fused-ring (bicyclic) bond motifs is 1. The monoisotopic (exact) mass is 461 g/mol. The highest BCUT2D eigenvalue weighted by atomic mass is 16.5. The smallest absolute Gasteiger partial charge is 0.162 e. The molecule has 1 aliphatic rings. The lowest BCUT2D eigenvalue weighted by atomic mass is 9.83. The Balaban J connectivity index is 1.91. The predicted molar refractivity (Wildman–Crippen MR) is 137 cm³/mol. The first-order valence-corrected chi connectivity index (χ1v) is 11.8. The zero-order valence-electron chi connectivity index (χ0n) is 21.2. The van der Waals surface area contributed by atoms with Gasteiger partial charge in [0, 0.05) is 17.8 Å². The maximum Gasteiger partial charge on any atom is 0.162 e. The van der Waals surface area contributed by atoms with E-state index in [-0.39, 0.29) is 12.1 Å². The molecule has 0 radical (unpaired) electrons. The van der Waals surface area contributed by atoms with Gasteiger partial charge in [-0.2, -0.15) is 0 Å². The zero-order valence-corrected chi connectivity index (χ0v) is 21.2. The fraction of sp³-hybridized carbons (Fsp3) is 0.379. The Morgan fingerprint density at radius 3 is 1.91 bits per heavy atom. The second-order valence-electron chi connectivity index (χ2n) is 9.13. The number of methoxy groups -OCH3 is 4. The van der Waals surface area contributed by atoms with Gasteiger partial charge in [0.05, 0.1) is 34.5 Å². The van der Waals surface area contributed by atoms with Crippen molar-refractivity contribution in [2.45, 2.75) is 45.2 Å². The third-order valence-corrected chi connectivity index (χ3v) is 6.79. The average molecular weight is 462 g/mol. The number of rotatable bonds is 7. The van der Waals surface area contributed by atoms with Gasteiger partial charge >= 0.3 is 0 Å². The summed E-state index contributed by atoms with van der Waals surface area (Å²) in [5, 5.41) is 0. The Labute approximate surface area is 203 Å². The van der Waals surface area contributed by atoms with Crippen LogP contribution >= 0.6 is 0 Å². The van der Waals surface area contributed by atoms with Gasteiger partial charge in [0.2, 0.25) is 0 Å². The molecule has 0 bridgehead atoms. The number of hydrogen-bond donors (Lipinski definition) is 0. The summed E-state index contributed by atoms with van der Waals surface area (Å²) in [7, 11) is 6.72. The largest absolute Gasteiger partial charge is 0.493 e. The highest BCUT2D eigenvalue weighted by molar-refractivity contribution is 5.63. The number of nitrogens with zero attached hydrogens (tertiary/aromatic N) is 1. The van der Waals surface area contributed by atoms with Crippen molar-refractivity contribution in [2.75, 3.05) is 33.3 Å². The van der Waals surface area contributed by atoms with Gasteiger partial charge in [-0.05, 0) is 65.8 Å². The lowest BCUT2D eigenvalue weighted by molar-refractivity contribution is 0.352. The zero-order chi connectivity index (χ0) is 24.4. The van der Waals surface area contributed by atoms with Crippen molar-refractivity contribution in [3.63, 3.8) is 0 Å². The van der Waals surface area contributed by atoms with Gasteiger partial charge in [0.15, 0.2) is 23.0 Å². The second-order valence-corrected chi connectivity index (χ2v) is 9.13. The van der Waals surface area contributed by atoms with Crippen LogP contribution in [0.3, 0.4) is 0 Å². The summed E-state index contributed by atoms with van der Waals surface area (Å²) >= 11 is 0. The summed E-state index contributed by atoms with van der Waals surface area (Å²) < 4.78 is 22.4. The molecule has 180 valence electrons. The van der Waals surface area contributed by atoms with Gasteiger partial charge in [0.1, 0.15) is 0 Å². The van der Waals surface area contributed by atoms with Gasteiger partial charge in [-0.15, -0.1) is 0 Å². The molecule has 3 aromatic carbocycles. The second kappa shape index (κ2) is 9.88. The third kappa shape index (κ3) is 4.27. The van der Waals surface area contributed by atoms with Crippen LogP contribution in [0.2, 0.25) is 0 Å². The molecule has 0 saturated carbocycles. The topological polar surface area (TPSA) is 40.2 Å². The highest BCUT2D eigenvalue weighted by Crippen LogP contribution is 2.46. The molecule has 0 spiro atoms. The third-order valence-electron chi connectivity index (χ3n) is 6.79. The summed E-state index contributed by atoms with van der Waals surface area (Å²) in [5.41, 5.74) is 6.16. The fourth-order valence-corrected chi connectivity index (χ4v) is 4.98. The van der Waals surface area contributed by atoms with Crippen molar-refractivity contribution in [1.29, 1.82) is 0 Å². The van der Waals surface area contributed by atoms with E-state index >= 15 is 0 Å². The van der Waals surface area contributed by atoms with Crippen molar-refractivity contribution in [2.24, 2.45) is 0 Å². The minimum atomic E-state index is 0.0119. The molecule has 0 fully saturated rings. The lowest BCUT2D eigenvalue weighted by Crippen LogP contribution is -2.43. The summed E-state index contributed by atoms with van der Waals surface area (Å²) in [6.45, 7) is 6.71. The minimum absolute atomic E-state index is 0.0119. The van der Waals surface area contributed by atoms with Crippen molar-refractivity contribution in [3.05, 3.63) is 76.9 Å². The minimum Gasteiger partial charge on any atom is -0.493 e. The van der Waals surface area contributed by atoms with Crippen LogP contribution in [-0.2, 0) is 6.42 Å². The van der Waals surface area contributed by atoms with E-state index in [1.807, 2.05) is 6.07 Å². The first-order chi connectivity index (χ1) is 16.4. The van der Waals surface area contributed by atoms with E-state index in [0.29, 0.717) is 5.92 Å². The molecule has 2 atom stereocenters. The molecule has 5 nitrogen and oxygen atoms in total. The molecular weight excluding hydrogens is 426 g/mol. The first kappa shape index (κ1) is 23.8. The molecule has 4 rings (SSSR count). The molecule has 0 N–H and O–H groups in total. The van der Waals surface area contributed by atoms with E-state index in [2.05, 4.69) is 74.2 Å². The number of ether oxygens (including phenoxy) is 4. The van der Waals surface area contributed by atoms with E-state index in [1.54, 1.807) is 28.4 Å². The standard InChI is InChI=1S/C29H35NO4/c1-18(2)20-8-10-21(11-9-20)29-24-17-28(34-7)26(32-5)15-22(24)14-19(3)30(29)23-12-13-25(31-4)27(16-23)33-6/h8-13,15-19,29H,14H2,1-7H3. The van der Waals surface area contributed by atoms with Crippen molar-refractivity contribution < 1.29 is 18.9 Å². The summed E-state index contributed by atoms with van der Waals surface area (Å²) in [5.74, 6) is 3.44. The molecule has 3 aromatic rings. The SMILES string of the molecule is COc1ccc(N2C(C)Cc3cc(OC)c(OC)cc3C2c2ccc(C(C)C)cc2)cc1OC. The summed E-state index contributed by atoms with van der Waals surface area (Å²) in [6.07, 6.45) is 0.893. The molecule has 0 aromatic heterocycles. The first-order valence-electron chi connectivity index (χ1n) is 11.8. The molecule has 0 saturated heterocycles. The maximum atomic E-state index is 5.69. The molecule has 34 heavy (non-hydrogen) atoms. The Morgan fingerprint density at radius 2 is 1.32 bits per heavy atom. The van der Waals surface area contributed by atoms with Gasteiger partial charge in [-0.1, -0.05) is 38.1 Å². The van der Waals surface area contributed by atoms with Crippen LogP contribution in [0.4, 0.5) is 5.69 Å². The molecule has 5 heteroatoms. The van der Waals surface area contributed by atoms with Crippen LogP contribution in [0.5, 0.6) is 23.0 Å². The van der Waals surface area contributed by atoms with Gasteiger partial charge in [0.25, 0.3) is 0 Å². The Hall–Kier alpha value is -3.34. The van der Waals surface area contributed by atoms with E-state index in [4.69, 9.17) is 18.9 Å². The van der Waals surface area contributed by atoms with Gasteiger partial charge < -0.3 is 23.8 Å². The van der Waals surface area contributed by atoms with Crippen LogP contribution in [0, 0.1) is 0 Å². The Bertz CT molecular complexity index is 1140.